The van der Waals surface area contributed by atoms with Crippen LogP contribution in [0.5, 0.6) is 11.5 Å². The third-order valence-corrected chi connectivity index (χ3v) is 2.87. The monoisotopic (exact) mass is 294 g/mol. The van der Waals surface area contributed by atoms with Crippen LogP contribution in [0, 0.1) is 0 Å². The van der Waals surface area contributed by atoms with E-state index in [1.807, 2.05) is 36.1 Å². The second-order valence-corrected chi connectivity index (χ2v) is 4.66. The number of nitrogens with zero attached hydrogens (tertiary/aromatic N) is 1. The molecule has 1 rings (SSSR count). The fraction of sp³-hybridized carbons (Fsp3) is 0.562. The highest BCUT2D eigenvalue weighted by Gasteiger charge is 2.10. The first-order valence-electron chi connectivity index (χ1n) is 7.59. The van der Waals surface area contributed by atoms with Gasteiger partial charge in [-0.1, -0.05) is 13.8 Å². The van der Waals surface area contributed by atoms with Crippen molar-refractivity contribution < 1.29 is 14.3 Å². The van der Waals surface area contributed by atoms with Gasteiger partial charge >= 0.3 is 6.03 Å². The van der Waals surface area contributed by atoms with Crippen molar-refractivity contribution in [2.45, 2.75) is 33.6 Å². The molecule has 0 spiro atoms. The molecule has 1 aromatic carbocycles. The van der Waals surface area contributed by atoms with Crippen LogP contribution in [0.15, 0.2) is 24.3 Å². The molecule has 118 valence electrons. The van der Waals surface area contributed by atoms with E-state index in [-0.39, 0.29) is 12.8 Å². The Morgan fingerprint density at radius 3 is 2.00 bits per heavy atom. The molecule has 0 unspecified atom stereocenters. The lowest BCUT2D eigenvalue weighted by Crippen LogP contribution is -2.42. The van der Waals surface area contributed by atoms with Gasteiger partial charge in [-0.25, -0.2) is 4.79 Å². The summed E-state index contributed by atoms with van der Waals surface area (Å²) in [4.78, 5) is 13.8. The van der Waals surface area contributed by atoms with E-state index in [0.717, 1.165) is 31.7 Å². The largest absolute Gasteiger partial charge is 0.494 e. The number of carbonyl (C=O) groups is 1. The maximum absolute atomic E-state index is 12.0. The van der Waals surface area contributed by atoms with Gasteiger partial charge < -0.3 is 19.7 Å². The Morgan fingerprint density at radius 2 is 1.52 bits per heavy atom. The molecule has 0 saturated carbocycles. The number of amides is 2. The van der Waals surface area contributed by atoms with Crippen LogP contribution in [0.4, 0.5) is 4.79 Å². The normalized spacial score (nSPS) is 10.0. The number of hydrogen-bond acceptors (Lipinski definition) is 3. The Hall–Kier alpha value is -1.91. The van der Waals surface area contributed by atoms with E-state index < -0.39 is 0 Å². The van der Waals surface area contributed by atoms with Crippen molar-refractivity contribution in [1.82, 2.24) is 10.2 Å². The van der Waals surface area contributed by atoms with E-state index in [4.69, 9.17) is 9.47 Å². The number of urea groups is 1. The van der Waals surface area contributed by atoms with Crippen LogP contribution in [-0.2, 0) is 0 Å². The molecule has 0 radical (unpaired) electrons. The van der Waals surface area contributed by atoms with E-state index >= 15 is 0 Å². The highest BCUT2D eigenvalue weighted by Crippen LogP contribution is 2.17. The number of rotatable bonds is 9. The zero-order valence-electron chi connectivity index (χ0n) is 13.2. The lowest BCUT2D eigenvalue weighted by atomic mass is 10.3. The lowest BCUT2D eigenvalue weighted by Gasteiger charge is -2.21. The second kappa shape index (κ2) is 9.91. The summed E-state index contributed by atoms with van der Waals surface area (Å²) in [5, 5.41) is 2.77. The van der Waals surface area contributed by atoms with Crippen LogP contribution in [0.2, 0.25) is 0 Å². The molecule has 0 heterocycles. The van der Waals surface area contributed by atoms with Crippen molar-refractivity contribution in [3.8, 4) is 11.5 Å². The second-order valence-electron chi connectivity index (χ2n) is 4.66. The fourth-order valence-corrected chi connectivity index (χ4v) is 1.95. The zero-order chi connectivity index (χ0) is 15.5. The van der Waals surface area contributed by atoms with Gasteiger partial charge in [-0.15, -0.1) is 0 Å². The van der Waals surface area contributed by atoms with Crippen molar-refractivity contribution in [2.24, 2.45) is 0 Å². The minimum Gasteiger partial charge on any atom is -0.494 e. The molecule has 0 aliphatic carbocycles. The molecular weight excluding hydrogens is 268 g/mol. The molecule has 0 aliphatic rings. The first-order chi connectivity index (χ1) is 10.2. The van der Waals surface area contributed by atoms with Crippen LogP contribution in [0.1, 0.15) is 33.6 Å². The van der Waals surface area contributed by atoms with Gasteiger partial charge in [0.2, 0.25) is 0 Å². The average molecular weight is 294 g/mol. The molecule has 1 aromatic rings. The zero-order valence-corrected chi connectivity index (χ0v) is 13.2. The van der Waals surface area contributed by atoms with Crippen LogP contribution < -0.4 is 14.8 Å². The lowest BCUT2D eigenvalue weighted by molar-refractivity contribution is 0.184. The molecule has 2 amide bonds. The minimum absolute atomic E-state index is 0.0790. The van der Waals surface area contributed by atoms with Crippen LogP contribution in [-0.4, -0.2) is 37.4 Å². The van der Waals surface area contributed by atoms with Crippen molar-refractivity contribution in [3.05, 3.63) is 24.3 Å². The molecule has 0 aromatic heterocycles. The van der Waals surface area contributed by atoms with Crippen molar-refractivity contribution in [3.63, 3.8) is 0 Å². The Bertz CT molecular complexity index is 400. The predicted octanol–water partition coefficient (Wildman–Crippen LogP) is 3.25. The summed E-state index contributed by atoms with van der Waals surface area (Å²) in [6.45, 7) is 8.40. The molecular formula is C16H26N2O3. The molecule has 21 heavy (non-hydrogen) atoms. The van der Waals surface area contributed by atoms with Crippen molar-refractivity contribution >= 4 is 6.03 Å². The van der Waals surface area contributed by atoms with Gasteiger partial charge in [0, 0.05) is 13.1 Å². The van der Waals surface area contributed by atoms with Crippen molar-refractivity contribution in [2.75, 3.05) is 26.4 Å². The molecule has 0 atom stereocenters. The number of carbonyl (C=O) groups excluding carboxylic acids is 1. The molecule has 0 saturated heterocycles. The van der Waals surface area contributed by atoms with Gasteiger partial charge in [-0.2, -0.15) is 0 Å². The van der Waals surface area contributed by atoms with Gasteiger partial charge in [0.05, 0.1) is 6.61 Å². The van der Waals surface area contributed by atoms with E-state index in [2.05, 4.69) is 19.2 Å². The average Bonchev–Trinajstić information content (AvgIpc) is 2.49. The summed E-state index contributed by atoms with van der Waals surface area (Å²) in [5.41, 5.74) is 0. The summed E-state index contributed by atoms with van der Waals surface area (Å²) >= 11 is 0. The van der Waals surface area contributed by atoms with Gasteiger partial charge in [-0.3, -0.25) is 0 Å². The highest BCUT2D eigenvalue weighted by molar-refractivity contribution is 5.73. The molecule has 0 aliphatic heterocycles. The third kappa shape index (κ3) is 6.38. The van der Waals surface area contributed by atoms with Crippen molar-refractivity contribution in [1.29, 1.82) is 0 Å². The minimum atomic E-state index is -0.0790. The number of benzene rings is 1. The first-order valence-corrected chi connectivity index (χ1v) is 7.59. The number of nitrogens with one attached hydrogen (secondary N) is 1. The number of hydrogen-bond donors (Lipinski definition) is 1. The standard InChI is InChI=1S/C16H26N2O3/c1-4-11-18(12-5-2)16(19)17-13-21-15-9-7-14(8-10-15)20-6-3/h7-10H,4-6,11-13H2,1-3H3,(H,17,19). The summed E-state index contributed by atoms with van der Waals surface area (Å²) in [7, 11) is 0. The van der Waals surface area contributed by atoms with Gasteiger partial charge in [0.25, 0.3) is 0 Å². The van der Waals surface area contributed by atoms with Crippen LogP contribution in [0.25, 0.3) is 0 Å². The quantitative estimate of drug-likeness (QED) is 0.711. The molecule has 5 nitrogen and oxygen atoms in total. The molecule has 0 fully saturated rings. The Kier molecular flexibility index (Phi) is 8.09. The van der Waals surface area contributed by atoms with E-state index in [1.54, 1.807) is 0 Å². The third-order valence-electron chi connectivity index (χ3n) is 2.87. The summed E-state index contributed by atoms with van der Waals surface area (Å²) in [6, 6.07) is 7.27. The predicted molar refractivity (Wildman–Crippen MR) is 83.8 cm³/mol. The van der Waals surface area contributed by atoms with Crippen LogP contribution in [0.3, 0.4) is 0 Å². The maximum Gasteiger partial charge on any atom is 0.320 e. The highest BCUT2D eigenvalue weighted by atomic mass is 16.5. The maximum atomic E-state index is 12.0. The first kappa shape index (κ1) is 17.1. The SMILES string of the molecule is CCCN(CCC)C(=O)NCOc1ccc(OCC)cc1. The van der Waals surface area contributed by atoms with E-state index in [0.29, 0.717) is 12.4 Å². The smallest absolute Gasteiger partial charge is 0.320 e. The summed E-state index contributed by atoms with van der Waals surface area (Å²) in [5.74, 6) is 1.52. The van der Waals surface area contributed by atoms with Gasteiger partial charge in [0.15, 0.2) is 6.73 Å². The molecule has 1 N–H and O–H groups in total. The Morgan fingerprint density at radius 1 is 1.00 bits per heavy atom. The Balaban J connectivity index is 2.35. The van der Waals surface area contributed by atoms with Gasteiger partial charge in [0.1, 0.15) is 11.5 Å². The summed E-state index contributed by atoms with van der Waals surface area (Å²) in [6.07, 6.45) is 1.90. The fourth-order valence-electron chi connectivity index (χ4n) is 1.95. The van der Waals surface area contributed by atoms with Gasteiger partial charge in [-0.05, 0) is 44.0 Å². The number of ether oxygens (including phenoxy) is 2. The molecule has 5 heteroatoms. The summed E-state index contributed by atoms with van der Waals surface area (Å²) < 4.78 is 10.9. The van der Waals surface area contributed by atoms with Crippen LogP contribution >= 0.6 is 0 Å². The van der Waals surface area contributed by atoms with E-state index in [9.17, 15) is 4.79 Å². The molecule has 0 bridgehead atoms. The van der Waals surface area contributed by atoms with E-state index in [1.165, 1.54) is 0 Å². The Labute approximate surface area is 127 Å². The topological polar surface area (TPSA) is 50.8 Å².